The molecule has 2 aliphatic heterocycles. The maximum Gasteiger partial charge on any atom is 0.255 e. The third-order valence-corrected chi connectivity index (χ3v) is 4.73. The Bertz CT molecular complexity index is 707. The van der Waals surface area contributed by atoms with E-state index in [0.717, 1.165) is 24.1 Å². The molecular weight excluding hydrogens is 300 g/mol. The van der Waals surface area contributed by atoms with Crippen LogP contribution in [-0.2, 0) is 27.5 Å². The second kappa shape index (κ2) is 5.79. The molecule has 4 rings (SSSR count). The summed E-state index contributed by atoms with van der Waals surface area (Å²) in [6.07, 6.45) is 1.40. The molecule has 0 saturated carbocycles. The van der Waals surface area contributed by atoms with E-state index in [1.165, 1.54) is 22.5 Å². The van der Waals surface area contributed by atoms with Crippen molar-refractivity contribution in [1.82, 2.24) is 4.98 Å². The molecule has 22 heavy (non-hydrogen) atoms. The van der Waals surface area contributed by atoms with Crippen LogP contribution in [0.25, 0.3) is 11.3 Å². The topological polar surface area (TPSA) is 60.5 Å². The van der Waals surface area contributed by atoms with Crippen molar-refractivity contribution >= 4 is 22.4 Å². The van der Waals surface area contributed by atoms with Gasteiger partial charge in [0.1, 0.15) is 6.10 Å². The van der Waals surface area contributed by atoms with Crippen molar-refractivity contribution in [3.63, 3.8) is 0 Å². The highest BCUT2D eigenvalue weighted by molar-refractivity contribution is 7.14. The van der Waals surface area contributed by atoms with Crippen LogP contribution in [0.4, 0.5) is 5.13 Å². The average Bonchev–Trinajstić information content (AvgIpc) is 3.27. The number of aromatic nitrogens is 1. The van der Waals surface area contributed by atoms with Crippen molar-refractivity contribution in [3.05, 3.63) is 34.7 Å². The predicted octanol–water partition coefficient (Wildman–Crippen LogP) is 2.96. The van der Waals surface area contributed by atoms with Crippen LogP contribution in [0.1, 0.15) is 24.0 Å². The van der Waals surface area contributed by atoms with E-state index >= 15 is 0 Å². The first-order chi connectivity index (χ1) is 10.8. The van der Waals surface area contributed by atoms with Crippen molar-refractivity contribution in [2.75, 3.05) is 11.9 Å². The molecule has 1 saturated heterocycles. The first kappa shape index (κ1) is 13.9. The van der Waals surface area contributed by atoms with Crippen LogP contribution >= 0.6 is 11.3 Å². The van der Waals surface area contributed by atoms with Crippen LogP contribution in [0, 0.1) is 0 Å². The zero-order valence-electron chi connectivity index (χ0n) is 12.0. The number of thiazole rings is 1. The number of ether oxygens (including phenoxy) is 2. The summed E-state index contributed by atoms with van der Waals surface area (Å²) in [5.74, 6) is -0.0965. The maximum atomic E-state index is 12.0. The second-order valence-electron chi connectivity index (χ2n) is 5.51. The molecule has 3 heterocycles. The quantitative estimate of drug-likeness (QED) is 0.946. The van der Waals surface area contributed by atoms with Crippen LogP contribution in [0.3, 0.4) is 0 Å². The summed E-state index contributed by atoms with van der Waals surface area (Å²) in [4.78, 5) is 16.5. The van der Waals surface area contributed by atoms with E-state index in [1.54, 1.807) is 0 Å². The van der Waals surface area contributed by atoms with E-state index in [9.17, 15) is 4.79 Å². The smallest absolute Gasteiger partial charge is 0.255 e. The lowest BCUT2D eigenvalue weighted by Gasteiger charge is -2.07. The number of hydrogen-bond donors (Lipinski definition) is 1. The summed E-state index contributed by atoms with van der Waals surface area (Å²) in [5, 5.41) is 5.42. The van der Waals surface area contributed by atoms with Crippen LogP contribution in [0.5, 0.6) is 0 Å². The molecule has 1 fully saturated rings. The lowest BCUT2D eigenvalue weighted by molar-refractivity contribution is -0.124. The number of carbonyl (C=O) groups is 1. The Hall–Kier alpha value is -1.76. The van der Waals surface area contributed by atoms with Gasteiger partial charge in [0.2, 0.25) is 0 Å². The lowest BCUT2D eigenvalue weighted by Crippen LogP contribution is -2.26. The van der Waals surface area contributed by atoms with E-state index in [2.05, 4.69) is 22.4 Å². The molecule has 1 aromatic carbocycles. The number of hydrogen-bond acceptors (Lipinski definition) is 5. The Kier molecular flexibility index (Phi) is 3.65. The molecule has 0 spiro atoms. The highest BCUT2D eigenvalue weighted by Crippen LogP contribution is 2.29. The van der Waals surface area contributed by atoms with Crippen molar-refractivity contribution in [2.45, 2.75) is 32.2 Å². The Morgan fingerprint density at radius 3 is 3.09 bits per heavy atom. The molecule has 1 amide bonds. The molecule has 5 nitrogen and oxygen atoms in total. The predicted molar refractivity (Wildman–Crippen MR) is 83.6 cm³/mol. The van der Waals surface area contributed by atoms with Gasteiger partial charge in [-0.05, 0) is 30.0 Å². The minimum absolute atomic E-state index is 0.0965. The molecular formula is C16H16N2O3S. The fourth-order valence-corrected chi connectivity index (χ4v) is 3.49. The number of carbonyl (C=O) groups excluding carboxylic acids is 1. The highest BCUT2D eigenvalue weighted by atomic mass is 32.1. The van der Waals surface area contributed by atoms with E-state index in [4.69, 9.17) is 9.47 Å². The molecule has 114 valence electrons. The minimum Gasteiger partial charge on any atom is -0.372 e. The molecule has 2 aromatic rings. The highest BCUT2D eigenvalue weighted by Gasteiger charge is 2.24. The van der Waals surface area contributed by atoms with Gasteiger partial charge in [0, 0.05) is 17.6 Å². The molecule has 0 unspecified atom stereocenters. The number of rotatable bonds is 3. The van der Waals surface area contributed by atoms with Crippen LogP contribution in [-0.4, -0.2) is 23.6 Å². The Morgan fingerprint density at radius 1 is 1.32 bits per heavy atom. The van der Waals surface area contributed by atoms with Crippen molar-refractivity contribution in [2.24, 2.45) is 0 Å². The monoisotopic (exact) mass is 316 g/mol. The molecule has 2 aliphatic rings. The van der Waals surface area contributed by atoms with Gasteiger partial charge in [-0.2, -0.15) is 0 Å². The van der Waals surface area contributed by atoms with Gasteiger partial charge in [-0.15, -0.1) is 11.3 Å². The molecule has 1 N–H and O–H groups in total. The molecule has 0 aliphatic carbocycles. The van der Waals surface area contributed by atoms with Gasteiger partial charge in [0.05, 0.1) is 18.9 Å². The summed E-state index contributed by atoms with van der Waals surface area (Å²) < 4.78 is 10.8. The molecule has 1 aromatic heterocycles. The second-order valence-corrected chi connectivity index (χ2v) is 6.36. The number of anilines is 1. The van der Waals surface area contributed by atoms with E-state index in [-0.39, 0.29) is 12.0 Å². The lowest BCUT2D eigenvalue weighted by atomic mass is 10.1. The molecule has 1 atom stereocenters. The van der Waals surface area contributed by atoms with Gasteiger partial charge in [-0.25, -0.2) is 4.98 Å². The Labute approximate surface area is 132 Å². The van der Waals surface area contributed by atoms with Crippen LogP contribution < -0.4 is 5.32 Å². The van der Waals surface area contributed by atoms with Crippen LogP contribution in [0.15, 0.2) is 23.6 Å². The number of benzene rings is 1. The van der Waals surface area contributed by atoms with Gasteiger partial charge in [-0.3, -0.25) is 10.1 Å². The zero-order chi connectivity index (χ0) is 14.9. The Balaban J connectivity index is 1.50. The number of fused-ring (bicyclic) bond motifs is 1. The molecule has 0 radical (unpaired) electrons. The third-order valence-electron chi connectivity index (χ3n) is 3.97. The van der Waals surface area contributed by atoms with E-state index in [0.29, 0.717) is 25.0 Å². The van der Waals surface area contributed by atoms with Gasteiger partial charge < -0.3 is 9.47 Å². The molecule has 6 heteroatoms. The first-order valence-corrected chi connectivity index (χ1v) is 8.25. The van der Waals surface area contributed by atoms with Crippen LogP contribution in [0.2, 0.25) is 0 Å². The van der Waals surface area contributed by atoms with E-state index < -0.39 is 0 Å². The maximum absolute atomic E-state index is 12.0. The fourth-order valence-electron chi connectivity index (χ4n) is 2.77. The van der Waals surface area contributed by atoms with Gasteiger partial charge in [0.25, 0.3) is 5.91 Å². The summed E-state index contributed by atoms with van der Waals surface area (Å²) in [7, 11) is 0. The average molecular weight is 316 g/mol. The normalized spacial score (nSPS) is 20.1. The minimum atomic E-state index is -0.329. The Morgan fingerprint density at radius 2 is 2.23 bits per heavy atom. The summed E-state index contributed by atoms with van der Waals surface area (Å²) in [6.45, 7) is 2.02. The number of nitrogens with zero attached hydrogens (tertiary/aromatic N) is 1. The van der Waals surface area contributed by atoms with Crippen molar-refractivity contribution in [1.29, 1.82) is 0 Å². The SMILES string of the molecule is O=C(Nc1nc(-c2ccc3c(c2)COC3)cs1)[C@@H]1CCCO1. The molecule has 0 bridgehead atoms. The standard InChI is InChI=1S/C16H16N2O3S/c19-15(14-2-1-5-21-14)18-16-17-13(9-22-16)10-3-4-11-7-20-8-12(11)6-10/h3-4,6,9,14H,1-2,5,7-8H2,(H,17,18,19)/t14-/m0/s1. The largest absolute Gasteiger partial charge is 0.372 e. The van der Waals surface area contributed by atoms with E-state index in [1.807, 2.05) is 11.4 Å². The van der Waals surface area contributed by atoms with Gasteiger partial charge in [-0.1, -0.05) is 12.1 Å². The third kappa shape index (κ3) is 2.65. The fraction of sp³-hybridized carbons (Fsp3) is 0.375. The zero-order valence-corrected chi connectivity index (χ0v) is 12.8. The number of amides is 1. The van der Waals surface area contributed by atoms with Crippen molar-refractivity contribution < 1.29 is 14.3 Å². The summed E-state index contributed by atoms with van der Waals surface area (Å²) in [5.41, 5.74) is 4.39. The van der Waals surface area contributed by atoms with Crippen molar-refractivity contribution in [3.8, 4) is 11.3 Å². The summed E-state index contributed by atoms with van der Waals surface area (Å²) >= 11 is 1.43. The van der Waals surface area contributed by atoms with Gasteiger partial charge >= 0.3 is 0 Å². The summed E-state index contributed by atoms with van der Waals surface area (Å²) in [6, 6.07) is 6.25. The van der Waals surface area contributed by atoms with Gasteiger partial charge in [0.15, 0.2) is 5.13 Å². The first-order valence-electron chi connectivity index (χ1n) is 7.37. The number of nitrogens with one attached hydrogen (secondary N) is 1.